The van der Waals surface area contributed by atoms with E-state index < -0.39 is 16.7 Å². The quantitative estimate of drug-likeness (QED) is 0.338. The largest absolute Gasteiger partial charge is 0.382 e. The lowest BCUT2D eigenvalue weighted by molar-refractivity contribution is -0.384. The molecule has 1 aromatic rings. The third kappa shape index (κ3) is 6.00. The van der Waals surface area contributed by atoms with E-state index in [1.165, 1.54) is 24.3 Å². The number of nitro groups is 1. The molecule has 0 heterocycles. The van der Waals surface area contributed by atoms with Crippen molar-refractivity contribution >= 4 is 23.2 Å². The molecule has 0 bridgehead atoms. The number of nitrogens with zero attached hydrogens (tertiary/aromatic N) is 1. The molecule has 2 N–H and O–H groups in total. The molecule has 1 rings (SSSR count). The van der Waals surface area contributed by atoms with Crippen LogP contribution in [0, 0.1) is 10.1 Å². The van der Waals surface area contributed by atoms with Gasteiger partial charge in [-0.05, 0) is 25.5 Å². The van der Waals surface area contributed by atoms with Gasteiger partial charge in [-0.3, -0.25) is 19.7 Å². The van der Waals surface area contributed by atoms with Crippen molar-refractivity contribution in [2.24, 2.45) is 0 Å². The van der Waals surface area contributed by atoms with Crippen molar-refractivity contribution in [1.82, 2.24) is 5.32 Å². The number of amides is 2. The third-order valence-electron chi connectivity index (χ3n) is 2.50. The van der Waals surface area contributed by atoms with E-state index in [0.717, 1.165) is 0 Å². The van der Waals surface area contributed by atoms with E-state index in [2.05, 4.69) is 10.6 Å². The zero-order valence-electron chi connectivity index (χ0n) is 11.6. The number of carbonyl (C=O) groups excluding carboxylic acids is 2. The molecule has 0 aliphatic carbocycles. The molecule has 1 aromatic carbocycles. The number of hydrogen-bond donors (Lipinski definition) is 2. The van der Waals surface area contributed by atoms with Crippen molar-refractivity contribution in [2.75, 3.05) is 25.1 Å². The maximum absolute atomic E-state index is 11.6. The van der Waals surface area contributed by atoms with Gasteiger partial charge < -0.3 is 15.4 Å². The average molecular weight is 295 g/mol. The molecular formula is C13H17N3O5. The summed E-state index contributed by atoms with van der Waals surface area (Å²) < 4.78 is 5.10. The Morgan fingerprint density at radius 2 is 1.90 bits per heavy atom. The normalized spacial score (nSPS) is 9.95. The maximum atomic E-state index is 11.6. The lowest BCUT2D eigenvalue weighted by Crippen LogP contribution is -2.36. The Morgan fingerprint density at radius 3 is 2.48 bits per heavy atom. The topological polar surface area (TPSA) is 111 Å². The van der Waals surface area contributed by atoms with Crippen LogP contribution in [0.5, 0.6) is 0 Å². The molecule has 2 amide bonds. The monoisotopic (exact) mass is 295 g/mol. The number of carbonyl (C=O) groups is 2. The number of ether oxygens (including phenoxy) is 1. The van der Waals surface area contributed by atoms with Crippen molar-refractivity contribution in [2.45, 2.75) is 13.3 Å². The van der Waals surface area contributed by atoms with E-state index in [9.17, 15) is 19.7 Å². The van der Waals surface area contributed by atoms with Gasteiger partial charge in [0.05, 0.1) is 4.92 Å². The summed E-state index contributed by atoms with van der Waals surface area (Å²) in [6.45, 7) is 3.33. The van der Waals surface area contributed by atoms with Crippen LogP contribution >= 0.6 is 0 Å². The minimum Gasteiger partial charge on any atom is -0.382 e. The molecule has 0 saturated heterocycles. The SMILES string of the molecule is CCOCCCNC(=O)C(=O)Nc1ccc([N+](=O)[O-])cc1. The highest BCUT2D eigenvalue weighted by Crippen LogP contribution is 2.15. The molecule has 0 saturated carbocycles. The first-order valence-corrected chi connectivity index (χ1v) is 6.46. The molecule has 0 aromatic heterocycles. The highest BCUT2D eigenvalue weighted by molar-refractivity contribution is 6.39. The summed E-state index contributed by atoms with van der Waals surface area (Å²) in [4.78, 5) is 33.0. The summed E-state index contributed by atoms with van der Waals surface area (Å²) in [5, 5.41) is 15.3. The maximum Gasteiger partial charge on any atom is 0.313 e. The summed E-state index contributed by atoms with van der Waals surface area (Å²) in [6, 6.07) is 5.21. The molecule has 0 atom stereocenters. The zero-order valence-corrected chi connectivity index (χ0v) is 11.6. The number of hydrogen-bond acceptors (Lipinski definition) is 5. The van der Waals surface area contributed by atoms with E-state index in [-0.39, 0.29) is 5.69 Å². The first-order valence-electron chi connectivity index (χ1n) is 6.46. The third-order valence-corrected chi connectivity index (χ3v) is 2.50. The molecular weight excluding hydrogens is 278 g/mol. The highest BCUT2D eigenvalue weighted by atomic mass is 16.6. The molecule has 0 unspecified atom stereocenters. The fourth-order valence-electron chi connectivity index (χ4n) is 1.46. The number of nitrogens with one attached hydrogen (secondary N) is 2. The van der Waals surface area contributed by atoms with Gasteiger partial charge in [0, 0.05) is 37.6 Å². The lowest BCUT2D eigenvalue weighted by atomic mass is 10.3. The van der Waals surface area contributed by atoms with Gasteiger partial charge in [-0.1, -0.05) is 0 Å². The van der Waals surface area contributed by atoms with Gasteiger partial charge in [-0.25, -0.2) is 0 Å². The fraction of sp³-hybridized carbons (Fsp3) is 0.385. The molecule has 8 nitrogen and oxygen atoms in total. The van der Waals surface area contributed by atoms with E-state index in [4.69, 9.17) is 4.74 Å². The molecule has 0 radical (unpaired) electrons. The first-order chi connectivity index (χ1) is 10.0. The molecule has 0 aliphatic heterocycles. The Labute approximate surface area is 121 Å². The molecule has 21 heavy (non-hydrogen) atoms. The summed E-state index contributed by atoms with van der Waals surface area (Å²) in [6.07, 6.45) is 0.615. The molecule has 8 heteroatoms. The highest BCUT2D eigenvalue weighted by Gasteiger charge is 2.13. The second kappa shape index (κ2) is 8.64. The minimum absolute atomic E-state index is 0.0895. The van der Waals surface area contributed by atoms with Crippen LogP contribution in [-0.4, -0.2) is 36.5 Å². The van der Waals surface area contributed by atoms with Crippen LogP contribution in [0.15, 0.2) is 24.3 Å². The average Bonchev–Trinajstić information content (AvgIpc) is 2.47. The number of non-ortho nitro benzene ring substituents is 1. The van der Waals surface area contributed by atoms with Crippen LogP contribution < -0.4 is 10.6 Å². The van der Waals surface area contributed by atoms with Crippen molar-refractivity contribution in [3.8, 4) is 0 Å². The van der Waals surface area contributed by atoms with Gasteiger partial charge in [0.25, 0.3) is 5.69 Å². The van der Waals surface area contributed by atoms with Crippen molar-refractivity contribution in [3.05, 3.63) is 34.4 Å². The summed E-state index contributed by atoms with van der Waals surface area (Å²) in [7, 11) is 0. The smallest absolute Gasteiger partial charge is 0.313 e. The van der Waals surface area contributed by atoms with Gasteiger partial charge >= 0.3 is 11.8 Å². The van der Waals surface area contributed by atoms with Crippen molar-refractivity contribution in [1.29, 1.82) is 0 Å². The van der Waals surface area contributed by atoms with Crippen molar-refractivity contribution < 1.29 is 19.2 Å². The van der Waals surface area contributed by atoms with Crippen LogP contribution in [-0.2, 0) is 14.3 Å². The Morgan fingerprint density at radius 1 is 1.24 bits per heavy atom. The summed E-state index contributed by atoms with van der Waals surface area (Å²) in [5.41, 5.74) is 0.225. The second-order valence-corrected chi connectivity index (χ2v) is 4.06. The molecule has 0 aliphatic rings. The summed E-state index contributed by atoms with van der Waals surface area (Å²) >= 11 is 0. The first kappa shape index (κ1) is 16.6. The Bertz CT molecular complexity index is 501. The second-order valence-electron chi connectivity index (χ2n) is 4.06. The number of benzene rings is 1. The lowest BCUT2D eigenvalue weighted by Gasteiger charge is -2.06. The van der Waals surface area contributed by atoms with Crippen LogP contribution in [0.1, 0.15) is 13.3 Å². The van der Waals surface area contributed by atoms with E-state index in [1.54, 1.807) is 0 Å². The van der Waals surface area contributed by atoms with Crippen LogP contribution in [0.4, 0.5) is 11.4 Å². The van der Waals surface area contributed by atoms with Crippen LogP contribution in [0.3, 0.4) is 0 Å². The number of nitro benzene ring substituents is 1. The predicted octanol–water partition coefficient (Wildman–Crippen LogP) is 1.08. The Balaban J connectivity index is 2.38. The van der Waals surface area contributed by atoms with E-state index in [1.807, 2.05) is 6.92 Å². The zero-order chi connectivity index (χ0) is 15.7. The van der Waals surface area contributed by atoms with E-state index in [0.29, 0.717) is 31.9 Å². The Kier molecular flexibility index (Phi) is 6.82. The van der Waals surface area contributed by atoms with Gasteiger partial charge in [-0.2, -0.15) is 0 Å². The summed E-state index contributed by atoms with van der Waals surface area (Å²) in [5.74, 6) is -1.58. The van der Waals surface area contributed by atoms with Gasteiger partial charge in [-0.15, -0.1) is 0 Å². The van der Waals surface area contributed by atoms with Crippen LogP contribution in [0.2, 0.25) is 0 Å². The number of anilines is 1. The standard InChI is InChI=1S/C13H17N3O5/c1-2-21-9-3-8-14-12(17)13(18)15-10-4-6-11(7-5-10)16(19)20/h4-7H,2-3,8-9H2,1H3,(H,14,17)(H,15,18). The van der Waals surface area contributed by atoms with Gasteiger partial charge in [0.2, 0.25) is 0 Å². The minimum atomic E-state index is -0.819. The van der Waals surface area contributed by atoms with Gasteiger partial charge in [0.1, 0.15) is 0 Å². The van der Waals surface area contributed by atoms with E-state index >= 15 is 0 Å². The molecule has 0 spiro atoms. The molecule has 114 valence electrons. The van der Waals surface area contributed by atoms with Crippen LogP contribution in [0.25, 0.3) is 0 Å². The Hall–Kier alpha value is -2.48. The predicted molar refractivity (Wildman–Crippen MR) is 75.8 cm³/mol. The fourth-order valence-corrected chi connectivity index (χ4v) is 1.46. The number of rotatable bonds is 7. The van der Waals surface area contributed by atoms with Gasteiger partial charge in [0.15, 0.2) is 0 Å². The molecule has 0 fully saturated rings. The van der Waals surface area contributed by atoms with Crippen molar-refractivity contribution in [3.63, 3.8) is 0 Å².